The third-order valence-corrected chi connectivity index (χ3v) is 5.64. The van der Waals surface area contributed by atoms with E-state index in [0.717, 1.165) is 18.3 Å². The van der Waals surface area contributed by atoms with Crippen molar-refractivity contribution in [1.82, 2.24) is 0 Å². The third kappa shape index (κ3) is 0.628. The van der Waals surface area contributed by atoms with Crippen LogP contribution in [0.3, 0.4) is 0 Å². The first-order valence-corrected chi connectivity index (χ1v) is 5.50. The Morgan fingerprint density at radius 3 is 2.31 bits per heavy atom. The molecule has 0 aromatic heterocycles. The Morgan fingerprint density at radius 2 is 1.85 bits per heavy atom. The molecule has 0 heterocycles. The summed E-state index contributed by atoms with van der Waals surface area (Å²) >= 11 is 0. The lowest BCUT2D eigenvalue weighted by Crippen LogP contribution is -2.68. The van der Waals surface area contributed by atoms with Crippen LogP contribution in [0.4, 0.5) is 0 Å². The summed E-state index contributed by atoms with van der Waals surface area (Å²) in [6.45, 7) is 6.95. The van der Waals surface area contributed by atoms with Gasteiger partial charge in [-0.15, -0.1) is 0 Å². The molecule has 0 aromatic rings. The van der Waals surface area contributed by atoms with Gasteiger partial charge in [-0.1, -0.05) is 20.8 Å². The maximum absolute atomic E-state index is 11.7. The first-order valence-electron chi connectivity index (χ1n) is 5.50. The molecular weight excluding hydrogens is 160 g/mol. The van der Waals surface area contributed by atoms with E-state index in [-0.39, 0.29) is 5.41 Å². The Hall–Kier alpha value is -0.330. The fraction of sp³-hybridized carbons (Fsp3) is 0.917. The molecule has 72 valence electrons. The molecule has 2 bridgehead atoms. The molecule has 4 saturated carbocycles. The SMILES string of the molecule is CC1(C)C2CC1[C@]1(C)C(=O)C[C@@H]1C2. The molecule has 4 rings (SSSR count). The molecule has 0 amide bonds. The summed E-state index contributed by atoms with van der Waals surface area (Å²) in [5.41, 5.74) is 0.555. The van der Waals surface area contributed by atoms with Crippen LogP contribution in [0.25, 0.3) is 0 Å². The normalized spacial score (nSPS) is 56.2. The van der Waals surface area contributed by atoms with Crippen LogP contribution in [-0.2, 0) is 4.79 Å². The lowest BCUT2D eigenvalue weighted by atomic mass is 9.33. The number of hydrogen-bond donors (Lipinski definition) is 0. The van der Waals surface area contributed by atoms with Gasteiger partial charge in [0.15, 0.2) is 0 Å². The molecule has 0 saturated heterocycles. The predicted octanol–water partition coefficient (Wildman–Crippen LogP) is 2.65. The molecule has 0 spiro atoms. The van der Waals surface area contributed by atoms with Crippen molar-refractivity contribution in [3.05, 3.63) is 0 Å². The van der Waals surface area contributed by atoms with Gasteiger partial charge in [0.2, 0.25) is 0 Å². The second kappa shape index (κ2) is 1.87. The lowest BCUT2D eigenvalue weighted by Gasteiger charge is -2.70. The zero-order chi connectivity index (χ0) is 9.43. The number of Topliss-reactive ketones (excluding diaryl/α,β-unsaturated/α-hetero) is 1. The minimum atomic E-state index is 0.0955. The van der Waals surface area contributed by atoms with Gasteiger partial charge in [0.1, 0.15) is 5.78 Å². The smallest absolute Gasteiger partial charge is 0.139 e. The summed E-state index contributed by atoms with van der Waals surface area (Å²) in [6, 6.07) is 0. The highest BCUT2D eigenvalue weighted by Gasteiger charge is 2.69. The lowest BCUT2D eigenvalue weighted by molar-refractivity contribution is -0.215. The minimum Gasteiger partial charge on any atom is -0.299 e. The molecule has 13 heavy (non-hydrogen) atoms. The van der Waals surface area contributed by atoms with Crippen LogP contribution in [0.15, 0.2) is 0 Å². The van der Waals surface area contributed by atoms with Gasteiger partial charge in [-0.05, 0) is 36.0 Å². The summed E-state index contributed by atoms with van der Waals surface area (Å²) in [4.78, 5) is 11.7. The Labute approximate surface area is 79.9 Å². The molecule has 1 heteroatoms. The van der Waals surface area contributed by atoms with Crippen molar-refractivity contribution in [3.8, 4) is 0 Å². The fourth-order valence-electron chi connectivity index (χ4n) is 4.34. The number of carbonyl (C=O) groups is 1. The van der Waals surface area contributed by atoms with Gasteiger partial charge in [0.05, 0.1) is 0 Å². The van der Waals surface area contributed by atoms with E-state index >= 15 is 0 Å². The zero-order valence-corrected chi connectivity index (χ0v) is 8.76. The molecule has 2 unspecified atom stereocenters. The van der Waals surface area contributed by atoms with Crippen LogP contribution in [0.1, 0.15) is 40.0 Å². The fourth-order valence-corrected chi connectivity index (χ4v) is 4.34. The largest absolute Gasteiger partial charge is 0.299 e. The number of rotatable bonds is 0. The van der Waals surface area contributed by atoms with Crippen LogP contribution in [0.2, 0.25) is 0 Å². The quantitative estimate of drug-likeness (QED) is 0.557. The monoisotopic (exact) mass is 178 g/mol. The zero-order valence-electron chi connectivity index (χ0n) is 8.76. The number of carbonyl (C=O) groups excluding carboxylic acids is 1. The highest BCUT2D eigenvalue weighted by Crippen LogP contribution is 2.72. The molecule has 4 fully saturated rings. The molecule has 4 atom stereocenters. The van der Waals surface area contributed by atoms with Crippen molar-refractivity contribution in [3.63, 3.8) is 0 Å². The van der Waals surface area contributed by atoms with E-state index < -0.39 is 0 Å². The maximum Gasteiger partial charge on any atom is 0.139 e. The van der Waals surface area contributed by atoms with Crippen molar-refractivity contribution in [2.75, 3.05) is 0 Å². The van der Waals surface area contributed by atoms with Crippen molar-refractivity contribution >= 4 is 5.78 Å². The van der Waals surface area contributed by atoms with Gasteiger partial charge in [-0.2, -0.15) is 0 Å². The minimum absolute atomic E-state index is 0.0955. The van der Waals surface area contributed by atoms with Crippen molar-refractivity contribution in [2.24, 2.45) is 28.6 Å². The van der Waals surface area contributed by atoms with Crippen LogP contribution < -0.4 is 0 Å². The van der Waals surface area contributed by atoms with Gasteiger partial charge >= 0.3 is 0 Å². The Bertz CT molecular complexity index is 291. The second-order valence-corrected chi connectivity index (χ2v) is 6.15. The highest BCUT2D eigenvalue weighted by atomic mass is 16.1. The van der Waals surface area contributed by atoms with E-state index in [0.29, 0.717) is 17.1 Å². The molecule has 0 aromatic carbocycles. The maximum atomic E-state index is 11.7. The molecule has 0 N–H and O–H groups in total. The Morgan fingerprint density at radius 1 is 1.15 bits per heavy atom. The molecule has 0 radical (unpaired) electrons. The number of ketones is 1. The standard InChI is InChI=1S/C12H18O/c1-11(2)7-4-8-6-10(13)12(8,3)9(11)5-7/h7-9H,4-6H2,1-3H3/t7?,8-,9?,12+/m0/s1. The summed E-state index contributed by atoms with van der Waals surface area (Å²) in [5.74, 6) is 2.92. The average Bonchev–Trinajstić information content (AvgIpc) is 2.07. The molecule has 0 aliphatic heterocycles. The summed E-state index contributed by atoms with van der Waals surface area (Å²) in [6.07, 6.45) is 3.54. The van der Waals surface area contributed by atoms with Gasteiger partial charge in [0, 0.05) is 11.8 Å². The summed E-state index contributed by atoms with van der Waals surface area (Å²) in [5, 5.41) is 0. The van der Waals surface area contributed by atoms with E-state index in [9.17, 15) is 4.79 Å². The first-order chi connectivity index (χ1) is 5.97. The topological polar surface area (TPSA) is 17.1 Å². The average molecular weight is 178 g/mol. The van der Waals surface area contributed by atoms with E-state index in [1.165, 1.54) is 12.8 Å². The first kappa shape index (κ1) is 8.02. The van der Waals surface area contributed by atoms with Crippen molar-refractivity contribution in [2.45, 2.75) is 40.0 Å². The van der Waals surface area contributed by atoms with Crippen molar-refractivity contribution in [1.29, 1.82) is 0 Å². The number of hydrogen-bond acceptors (Lipinski definition) is 1. The van der Waals surface area contributed by atoms with Gasteiger partial charge in [-0.25, -0.2) is 0 Å². The van der Waals surface area contributed by atoms with Crippen LogP contribution >= 0.6 is 0 Å². The van der Waals surface area contributed by atoms with E-state index in [4.69, 9.17) is 0 Å². The van der Waals surface area contributed by atoms with E-state index in [2.05, 4.69) is 20.8 Å². The highest BCUT2D eigenvalue weighted by molar-refractivity contribution is 5.92. The van der Waals surface area contributed by atoms with Gasteiger partial charge in [0.25, 0.3) is 0 Å². The molecular formula is C12H18O. The molecule has 4 aliphatic rings. The van der Waals surface area contributed by atoms with E-state index in [1.807, 2.05) is 0 Å². The van der Waals surface area contributed by atoms with Gasteiger partial charge in [-0.3, -0.25) is 4.79 Å². The Kier molecular flexibility index (Phi) is 1.15. The van der Waals surface area contributed by atoms with Crippen LogP contribution in [0, 0.1) is 28.6 Å². The van der Waals surface area contributed by atoms with Crippen LogP contribution in [0.5, 0.6) is 0 Å². The Balaban J connectivity index is 2.00. The van der Waals surface area contributed by atoms with Crippen LogP contribution in [-0.4, -0.2) is 5.78 Å². The van der Waals surface area contributed by atoms with Crippen molar-refractivity contribution < 1.29 is 4.79 Å². The third-order valence-electron chi connectivity index (χ3n) is 5.64. The summed E-state index contributed by atoms with van der Waals surface area (Å²) < 4.78 is 0. The summed E-state index contributed by atoms with van der Waals surface area (Å²) in [7, 11) is 0. The predicted molar refractivity (Wildman–Crippen MR) is 51.2 cm³/mol. The molecule has 4 aliphatic carbocycles. The van der Waals surface area contributed by atoms with E-state index in [1.54, 1.807) is 0 Å². The van der Waals surface area contributed by atoms with Gasteiger partial charge < -0.3 is 0 Å². The molecule has 1 nitrogen and oxygen atoms in total. The second-order valence-electron chi connectivity index (χ2n) is 6.15.